The van der Waals surface area contributed by atoms with Gasteiger partial charge in [-0.05, 0) is 72.4 Å². The van der Waals surface area contributed by atoms with Gasteiger partial charge in [0.1, 0.15) is 5.82 Å². The molecule has 1 unspecified atom stereocenters. The molecule has 4 aromatic carbocycles. The van der Waals surface area contributed by atoms with Crippen LogP contribution in [-0.4, -0.2) is 41.0 Å². The van der Waals surface area contributed by atoms with Crippen LogP contribution < -0.4 is 5.32 Å². The number of aliphatic hydroxyl groups is 1. The Balaban J connectivity index is 1.35. The van der Waals surface area contributed by atoms with Crippen LogP contribution in [0.25, 0.3) is 21.9 Å². The van der Waals surface area contributed by atoms with Crippen LogP contribution in [-0.2, 0) is 11.2 Å². The van der Waals surface area contributed by atoms with E-state index in [4.69, 9.17) is 4.74 Å². The van der Waals surface area contributed by atoms with Crippen LogP contribution in [0.3, 0.4) is 0 Å². The molecule has 0 aliphatic carbocycles. The number of carboxylic acid groups (broad SMARTS) is 1. The van der Waals surface area contributed by atoms with Gasteiger partial charge in [0.2, 0.25) is 0 Å². The summed E-state index contributed by atoms with van der Waals surface area (Å²) < 4.78 is 19.9. The summed E-state index contributed by atoms with van der Waals surface area (Å²) in [5.74, 6) is -2.09. The van der Waals surface area contributed by atoms with E-state index in [9.17, 15) is 19.4 Å². The molecular formula is C32H34FNO4. The summed E-state index contributed by atoms with van der Waals surface area (Å²) in [4.78, 5) is 11.4. The summed E-state index contributed by atoms with van der Waals surface area (Å²) in [6, 6.07) is 26.3. The monoisotopic (exact) mass is 515 g/mol. The lowest BCUT2D eigenvalue weighted by atomic mass is 9.93. The zero-order chi connectivity index (χ0) is 27.3. The van der Waals surface area contributed by atoms with E-state index in [-0.39, 0.29) is 23.8 Å². The van der Waals surface area contributed by atoms with Crippen LogP contribution in [0.15, 0.2) is 84.9 Å². The maximum atomic E-state index is 13.9. The Labute approximate surface area is 222 Å². The lowest BCUT2D eigenvalue weighted by Gasteiger charge is -2.28. The van der Waals surface area contributed by atoms with E-state index >= 15 is 0 Å². The Kier molecular flexibility index (Phi) is 8.57. The van der Waals surface area contributed by atoms with Gasteiger partial charge >= 0.3 is 5.97 Å². The van der Waals surface area contributed by atoms with E-state index in [1.54, 1.807) is 6.07 Å². The average molecular weight is 516 g/mol. The third-order valence-electron chi connectivity index (χ3n) is 6.72. The lowest BCUT2D eigenvalue weighted by molar-refractivity contribution is -0.00397. The molecule has 0 aliphatic rings. The van der Waals surface area contributed by atoms with Crippen LogP contribution in [0, 0.1) is 5.82 Å². The third kappa shape index (κ3) is 6.84. The maximum absolute atomic E-state index is 13.9. The minimum atomic E-state index is -1.31. The lowest BCUT2D eigenvalue weighted by Crippen LogP contribution is -2.46. The second kappa shape index (κ2) is 11.9. The van der Waals surface area contributed by atoms with Crippen molar-refractivity contribution in [3.05, 3.63) is 107 Å². The molecule has 5 nitrogen and oxygen atoms in total. The summed E-state index contributed by atoms with van der Waals surface area (Å²) in [5.41, 5.74) is 2.79. The number of aromatic carboxylic acids is 1. The van der Waals surface area contributed by atoms with Crippen LogP contribution in [0.5, 0.6) is 0 Å². The number of hydrogen-bond acceptors (Lipinski definition) is 4. The minimum Gasteiger partial charge on any atom is -0.478 e. The molecule has 0 amide bonds. The molecule has 198 valence electrons. The maximum Gasteiger partial charge on any atom is 0.338 e. The highest BCUT2D eigenvalue weighted by molar-refractivity contribution is 5.90. The molecule has 0 bridgehead atoms. The van der Waals surface area contributed by atoms with E-state index in [1.807, 2.05) is 43.3 Å². The molecule has 0 saturated heterocycles. The van der Waals surface area contributed by atoms with Crippen molar-refractivity contribution in [1.82, 2.24) is 5.32 Å². The number of carboxylic acids is 1. The molecule has 0 radical (unpaired) electrons. The summed E-state index contributed by atoms with van der Waals surface area (Å²) in [6.45, 7) is 6.60. The molecule has 0 heterocycles. The first-order valence-corrected chi connectivity index (χ1v) is 12.8. The van der Waals surface area contributed by atoms with Gasteiger partial charge in [0.25, 0.3) is 0 Å². The standard InChI is InChI=1S/C32H34FNO4/c1-21(27-10-6-7-11-28(27)25-14-15-30(33)29(17-25)31(36)37)38-20-26(35)19-34-32(2,3)18-22-12-13-23-8-4-5-9-24(23)16-22/h4-17,21,26,34-35H,18-20H2,1-3H3,(H,36,37)/t21?,26-/m1/s1. The molecule has 3 N–H and O–H groups in total. The van der Waals surface area contributed by atoms with Crippen molar-refractivity contribution in [1.29, 1.82) is 0 Å². The molecule has 4 rings (SSSR count). The summed E-state index contributed by atoms with van der Waals surface area (Å²) in [7, 11) is 0. The van der Waals surface area contributed by atoms with Crippen molar-refractivity contribution in [2.45, 2.75) is 44.9 Å². The summed E-state index contributed by atoms with van der Waals surface area (Å²) in [5, 5.41) is 25.8. The van der Waals surface area contributed by atoms with Gasteiger partial charge in [0.05, 0.1) is 24.4 Å². The second-order valence-corrected chi connectivity index (χ2v) is 10.3. The molecule has 0 spiro atoms. The van der Waals surface area contributed by atoms with E-state index in [0.29, 0.717) is 12.1 Å². The van der Waals surface area contributed by atoms with Crippen LogP contribution in [0.4, 0.5) is 4.39 Å². The fourth-order valence-electron chi connectivity index (χ4n) is 4.69. The summed E-state index contributed by atoms with van der Waals surface area (Å²) >= 11 is 0. The van der Waals surface area contributed by atoms with Gasteiger partial charge in [-0.1, -0.05) is 72.8 Å². The predicted molar refractivity (Wildman–Crippen MR) is 149 cm³/mol. The van der Waals surface area contributed by atoms with Crippen molar-refractivity contribution in [3.8, 4) is 11.1 Å². The largest absolute Gasteiger partial charge is 0.478 e. The molecule has 2 atom stereocenters. The number of aliphatic hydroxyl groups excluding tert-OH is 1. The number of nitrogens with one attached hydrogen (secondary N) is 1. The molecule has 0 fully saturated rings. The van der Waals surface area contributed by atoms with Crippen molar-refractivity contribution in [2.75, 3.05) is 13.2 Å². The fourth-order valence-corrected chi connectivity index (χ4v) is 4.69. The molecule has 0 aromatic heterocycles. The normalized spacial score (nSPS) is 13.4. The molecule has 6 heteroatoms. The first kappa shape index (κ1) is 27.5. The molecule has 4 aromatic rings. The van der Waals surface area contributed by atoms with Crippen molar-refractivity contribution >= 4 is 16.7 Å². The van der Waals surface area contributed by atoms with Crippen LogP contribution >= 0.6 is 0 Å². The van der Waals surface area contributed by atoms with Crippen molar-refractivity contribution < 1.29 is 24.1 Å². The number of ether oxygens (including phenoxy) is 1. The minimum absolute atomic E-state index is 0.123. The first-order valence-electron chi connectivity index (χ1n) is 12.8. The average Bonchev–Trinajstić information content (AvgIpc) is 2.90. The Hall–Kier alpha value is -3.58. The van der Waals surface area contributed by atoms with Crippen LogP contribution in [0.2, 0.25) is 0 Å². The highest BCUT2D eigenvalue weighted by atomic mass is 19.1. The first-order chi connectivity index (χ1) is 18.1. The summed E-state index contributed by atoms with van der Waals surface area (Å²) in [6.07, 6.45) is -0.278. The fraction of sp³-hybridized carbons (Fsp3) is 0.281. The number of fused-ring (bicyclic) bond motifs is 1. The van der Waals surface area contributed by atoms with Crippen LogP contribution in [0.1, 0.15) is 48.4 Å². The van der Waals surface area contributed by atoms with Gasteiger partial charge in [-0.2, -0.15) is 0 Å². The zero-order valence-electron chi connectivity index (χ0n) is 21.9. The van der Waals surface area contributed by atoms with Gasteiger partial charge in [-0.25, -0.2) is 9.18 Å². The van der Waals surface area contributed by atoms with Gasteiger partial charge in [0, 0.05) is 12.1 Å². The molecule has 0 aliphatic heterocycles. The number of halogens is 1. The highest BCUT2D eigenvalue weighted by Gasteiger charge is 2.21. The number of benzene rings is 4. The molecular weight excluding hydrogens is 481 g/mol. The van der Waals surface area contributed by atoms with Gasteiger partial charge in [0.15, 0.2) is 0 Å². The molecule has 38 heavy (non-hydrogen) atoms. The SMILES string of the molecule is CC(OC[C@H](O)CNC(C)(C)Cc1ccc2ccccc2c1)c1ccccc1-c1ccc(F)c(C(=O)O)c1. The number of β-amino-alcohol motifs (C(OH)–C–C–N with tert-alkyl or cyclic N) is 1. The Bertz CT molecular complexity index is 1420. The smallest absolute Gasteiger partial charge is 0.338 e. The van der Waals surface area contributed by atoms with Crippen molar-refractivity contribution in [3.63, 3.8) is 0 Å². The third-order valence-corrected chi connectivity index (χ3v) is 6.72. The molecule has 0 saturated carbocycles. The van der Waals surface area contributed by atoms with E-state index < -0.39 is 17.9 Å². The van der Waals surface area contributed by atoms with E-state index in [1.165, 1.54) is 22.4 Å². The number of rotatable bonds is 11. The van der Waals surface area contributed by atoms with Gasteiger partial charge < -0.3 is 20.3 Å². The topological polar surface area (TPSA) is 78.8 Å². The number of carbonyl (C=O) groups is 1. The highest BCUT2D eigenvalue weighted by Crippen LogP contribution is 2.31. The predicted octanol–water partition coefficient (Wildman–Crippen LogP) is 6.39. The Morgan fingerprint density at radius 2 is 1.68 bits per heavy atom. The van der Waals surface area contributed by atoms with E-state index in [0.717, 1.165) is 23.6 Å². The van der Waals surface area contributed by atoms with E-state index in [2.05, 4.69) is 49.5 Å². The van der Waals surface area contributed by atoms with Crippen molar-refractivity contribution in [2.24, 2.45) is 0 Å². The quantitative estimate of drug-likeness (QED) is 0.216. The Morgan fingerprint density at radius 3 is 2.45 bits per heavy atom. The second-order valence-electron chi connectivity index (χ2n) is 10.3. The number of hydrogen-bond donors (Lipinski definition) is 3. The van der Waals surface area contributed by atoms with Gasteiger partial charge in [-0.15, -0.1) is 0 Å². The van der Waals surface area contributed by atoms with Gasteiger partial charge in [-0.3, -0.25) is 0 Å². The zero-order valence-corrected chi connectivity index (χ0v) is 21.9. The Morgan fingerprint density at radius 1 is 0.974 bits per heavy atom.